The number of halogens is 3. The molecule has 1 fully saturated rings. The summed E-state index contributed by atoms with van der Waals surface area (Å²) in [5.74, 6) is -0.326. The summed E-state index contributed by atoms with van der Waals surface area (Å²) in [5, 5.41) is 2.54. The van der Waals surface area contributed by atoms with Gasteiger partial charge in [-0.1, -0.05) is 0 Å². The maximum Gasteiger partial charge on any atom is 0.418 e. The molecule has 0 spiro atoms. The SMILES string of the molecule is CC(C(=O)Nc1ccc(N)c(C(F)(F)F)c1)N1CCN(C)CC1. The van der Waals surface area contributed by atoms with E-state index < -0.39 is 17.8 Å². The lowest BCUT2D eigenvalue weighted by molar-refractivity contribution is -0.137. The van der Waals surface area contributed by atoms with Crippen molar-refractivity contribution in [2.75, 3.05) is 44.3 Å². The summed E-state index contributed by atoms with van der Waals surface area (Å²) in [6.07, 6.45) is -4.55. The molecule has 1 unspecified atom stereocenters. The van der Waals surface area contributed by atoms with Gasteiger partial charge in [-0.15, -0.1) is 0 Å². The van der Waals surface area contributed by atoms with Gasteiger partial charge in [-0.2, -0.15) is 13.2 Å². The molecule has 0 radical (unpaired) electrons. The number of nitrogens with one attached hydrogen (secondary N) is 1. The van der Waals surface area contributed by atoms with Gasteiger partial charge in [0.1, 0.15) is 0 Å². The molecule has 2 rings (SSSR count). The lowest BCUT2D eigenvalue weighted by Gasteiger charge is -2.35. The number of hydrogen-bond donors (Lipinski definition) is 2. The van der Waals surface area contributed by atoms with Crippen molar-refractivity contribution in [2.45, 2.75) is 19.1 Å². The average molecular weight is 330 g/mol. The number of likely N-dealkylation sites (N-methyl/N-ethyl adjacent to an activating group) is 1. The Bertz CT molecular complexity index is 568. The van der Waals surface area contributed by atoms with E-state index in [1.54, 1.807) is 6.92 Å². The van der Waals surface area contributed by atoms with Crippen LogP contribution in [0.1, 0.15) is 12.5 Å². The highest BCUT2D eigenvalue weighted by Gasteiger charge is 2.33. The van der Waals surface area contributed by atoms with Gasteiger partial charge in [0.15, 0.2) is 0 Å². The summed E-state index contributed by atoms with van der Waals surface area (Å²) in [7, 11) is 2.01. The number of benzene rings is 1. The quantitative estimate of drug-likeness (QED) is 0.831. The lowest BCUT2D eigenvalue weighted by Crippen LogP contribution is -2.51. The third-order valence-electron chi connectivity index (χ3n) is 4.09. The van der Waals surface area contributed by atoms with Crippen molar-refractivity contribution in [3.8, 4) is 0 Å². The molecule has 1 atom stereocenters. The van der Waals surface area contributed by atoms with Crippen molar-refractivity contribution in [1.29, 1.82) is 0 Å². The molecule has 1 aliphatic heterocycles. The first-order valence-electron chi connectivity index (χ1n) is 7.38. The number of carbonyl (C=O) groups is 1. The first-order valence-corrected chi connectivity index (χ1v) is 7.38. The Morgan fingerprint density at radius 1 is 1.26 bits per heavy atom. The Kier molecular flexibility index (Phi) is 5.16. The van der Waals surface area contributed by atoms with Gasteiger partial charge < -0.3 is 16.0 Å². The number of rotatable bonds is 3. The number of alkyl halides is 3. The molecule has 0 bridgehead atoms. The third kappa shape index (κ3) is 4.35. The summed E-state index contributed by atoms with van der Waals surface area (Å²) in [5.41, 5.74) is 4.14. The number of nitrogen functional groups attached to an aromatic ring is 1. The first kappa shape index (κ1) is 17.6. The van der Waals surface area contributed by atoms with Crippen LogP contribution in [0.15, 0.2) is 18.2 Å². The molecule has 128 valence electrons. The van der Waals surface area contributed by atoms with E-state index in [0.717, 1.165) is 38.3 Å². The maximum absolute atomic E-state index is 12.8. The van der Waals surface area contributed by atoms with Crippen molar-refractivity contribution in [3.63, 3.8) is 0 Å². The van der Waals surface area contributed by atoms with Crippen LogP contribution in [-0.4, -0.2) is 55.0 Å². The molecule has 1 aliphatic rings. The summed E-state index contributed by atoms with van der Waals surface area (Å²) in [6, 6.07) is 2.98. The molecule has 0 saturated carbocycles. The average Bonchev–Trinajstić information content (AvgIpc) is 2.48. The van der Waals surface area contributed by atoms with E-state index >= 15 is 0 Å². The molecule has 0 aliphatic carbocycles. The monoisotopic (exact) mass is 330 g/mol. The number of amides is 1. The highest BCUT2D eigenvalue weighted by Crippen LogP contribution is 2.35. The van der Waals surface area contributed by atoms with E-state index in [2.05, 4.69) is 10.2 Å². The van der Waals surface area contributed by atoms with Crippen LogP contribution in [0.4, 0.5) is 24.5 Å². The number of nitrogens with two attached hydrogens (primary N) is 1. The Morgan fingerprint density at radius 3 is 2.43 bits per heavy atom. The van der Waals surface area contributed by atoms with E-state index in [9.17, 15) is 18.0 Å². The van der Waals surface area contributed by atoms with E-state index in [0.29, 0.717) is 0 Å². The minimum atomic E-state index is -4.55. The van der Waals surface area contributed by atoms with Crippen LogP contribution in [0.5, 0.6) is 0 Å². The molecule has 5 nitrogen and oxygen atoms in total. The highest BCUT2D eigenvalue weighted by atomic mass is 19.4. The largest absolute Gasteiger partial charge is 0.418 e. The standard InChI is InChI=1S/C15H21F3N4O/c1-10(22-7-5-21(2)6-8-22)14(23)20-11-3-4-13(19)12(9-11)15(16,17)18/h3-4,9-10H,5-8,19H2,1-2H3,(H,20,23). The number of piperazine rings is 1. The fourth-order valence-electron chi connectivity index (χ4n) is 2.50. The van der Waals surface area contributed by atoms with Gasteiger partial charge in [0.05, 0.1) is 11.6 Å². The van der Waals surface area contributed by atoms with Crippen molar-refractivity contribution in [2.24, 2.45) is 0 Å². The zero-order valence-electron chi connectivity index (χ0n) is 13.2. The number of anilines is 2. The van der Waals surface area contributed by atoms with Gasteiger partial charge in [0, 0.05) is 37.6 Å². The van der Waals surface area contributed by atoms with E-state index in [1.807, 2.05) is 11.9 Å². The van der Waals surface area contributed by atoms with Crippen LogP contribution in [0.25, 0.3) is 0 Å². The molecule has 0 aromatic heterocycles. The fraction of sp³-hybridized carbons (Fsp3) is 0.533. The number of carbonyl (C=O) groups excluding carboxylic acids is 1. The summed E-state index contributed by atoms with van der Waals surface area (Å²) >= 11 is 0. The van der Waals surface area contributed by atoms with Gasteiger partial charge in [0.2, 0.25) is 5.91 Å². The second-order valence-corrected chi connectivity index (χ2v) is 5.80. The van der Waals surface area contributed by atoms with Crippen molar-refractivity contribution >= 4 is 17.3 Å². The summed E-state index contributed by atoms with van der Waals surface area (Å²) < 4.78 is 38.5. The Hall–Kier alpha value is -1.80. The van der Waals surface area contributed by atoms with Crippen LogP contribution < -0.4 is 11.1 Å². The van der Waals surface area contributed by atoms with Gasteiger partial charge in [-0.25, -0.2) is 0 Å². The Morgan fingerprint density at radius 2 is 1.87 bits per heavy atom. The van der Waals surface area contributed by atoms with Gasteiger partial charge in [-0.05, 0) is 32.2 Å². The van der Waals surface area contributed by atoms with Crippen LogP contribution in [0, 0.1) is 0 Å². The fourth-order valence-corrected chi connectivity index (χ4v) is 2.50. The normalized spacial score (nSPS) is 18.7. The van der Waals surface area contributed by atoms with E-state index in [-0.39, 0.29) is 17.3 Å². The molecule has 1 heterocycles. The summed E-state index contributed by atoms with van der Waals surface area (Å²) in [6.45, 7) is 4.97. The second-order valence-electron chi connectivity index (χ2n) is 5.80. The Balaban J connectivity index is 2.05. The van der Waals surface area contributed by atoms with Gasteiger partial charge >= 0.3 is 6.18 Å². The first-order chi connectivity index (χ1) is 10.7. The van der Waals surface area contributed by atoms with Crippen LogP contribution in [-0.2, 0) is 11.0 Å². The molecule has 8 heteroatoms. The zero-order valence-corrected chi connectivity index (χ0v) is 13.2. The molecule has 1 aromatic carbocycles. The van der Waals surface area contributed by atoms with Gasteiger partial charge in [-0.3, -0.25) is 9.69 Å². The van der Waals surface area contributed by atoms with E-state index in [1.165, 1.54) is 6.07 Å². The van der Waals surface area contributed by atoms with Crippen molar-refractivity contribution in [1.82, 2.24) is 9.80 Å². The minimum absolute atomic E-state index is 0.0949. The minimum Gasteiger partial charge on any atom is -0.398 e. The third-order valence-corrected chi connectivity index (χ3v) is 4.09. The van der Waals surface area contributed by atoms with Gasteiger partial charge in [0.25, 0.3) is 0 Å². The Labute approximate surface area is 133 Å². The molecular weight excluding hydrogens is 309 g/mol. The molecule has 3 N–H and O–H groups in total. The smallest absolute Gasteiger partial charge is 0.398 e. The topological polar surface area (TPSA) is 61.6 Å². The maximum atomic E-state index is 12.8. The summed E-state index contributed by atoms with van der Waals surface area (Å²) in [4.78, 5) is 16.4. The van der Waals surface area contributed by atoms with Crippen LogP contribution in [0.2, 0.25) is 0 Å². The number of hydrogen-bond acceptors (Lipinski definition) is 4. The zero-order chi connectivity index (χ0) is 17.2. The second kappa shape index (κ2) is 6.76. The highest BCUT2D eigenvalue weighted by molar-refractivity contribution is 5.94. The molecule has 1 saturated heterocycles. The van der Waals surface area contributed by atoms with Crippen molar-refractivity contribution < 1.29 is 18.0 Å². The predicted molar refractivity (Wildman–Crippen MR) is 83.0 cm³/mol. The molecule has 23 heavy (non-hydrogen) atoms. The molecular formula is C15H21F3N4O. The predicted octanol–water partition coefficient (Wildman–Crippen LogP) is 1.86. The van der Waals surface area contributed by atoms with Crippen molar-refractivity contribution in [3.05, 3.63) is 23.8 Å². The molecule has 1 aromatic rings. The van der Waals surface area contributed by atoms with E-state index in [4.69, 9.17) is 5.73 Å². The lowest BCUT2D eigenvalue weighted by atomic mass is 10.1. The van der Waals surface area contributed by atoms with Crippen LogP contribution >= 0.6 is 0 Å². The number of nitrogens with zero attached hydrogens (tertiary/aromatic N) is 2. The van der Waals surface area contributed by atoms with Crippen LogP contribution in [0.3, 0.4) is 0 Å². The molecule has 1 amide bonds.